The predicted molar refractivity (Wildman–Crippen MR) is 58.8 cm³/mol. The quantitative estimate of drug-likeness (QED) is 0.702. The van der Waals surface area contributed by atoms with Crippen molar-refractivity contribution in [1.29, 1.82) is 0 Å². The highest BCUT2D eigenvalue weighted by Crippen LogP contribution is 2.19. The Balaban J connectivity index is 2.33. The van der Waals surface area contributed by atoms with E-state index in [0.717, 1.165) is 22.5 Å². The molecule has 2 aromatic heterocycles. The molecule has 0 fully saturated rings. The highest BCUT2D eigenvalue weighted by molar-refractivity contribution is 5.87. The van der Waals surface area contributed by atoms with Crippen LogP contribution in [0.4, 0.5) is 5.82 Å². The fourth-order valence-corrected chi connectivity index (χ4v) is 1.46. The second-order valence-electron chi connectivity index (χ2n) is 3.67. The lowest BCUT2D eigenvalue weighted by Gasteiger charge is -2.07. The molecule has 0 bridgehead atoms. The van der Waals surface area contributed by atoms with Crippen LogP contribution in [0.25, 0.3) is 11.0 Å². The smallest absolute Gasteiger partial charge is 0.143 e. The van der Waals surface area contributed by atoms with Crippen molar-refractivity contribution in [3.05, 3.63) is 18.1 Å². The average Bonchev–Trinajstić information content (AvgIpc) is 2.55. The van der Waals surface area contributed by atoms with Crippen molar-refractivity contribution in [2.24, 2.45) is 0 Å². The summed E-state index contributed by atoms with van der Waals surface area (Å²) in [6.07, 6.45) is 1.11. The molecule has 2 rings (SSSR count). The molecule has 2 heterocycles. The number of aromatic nitrogens is 3. The third-order valence-corrected chi connectivity index (χ3v) is 2.13. The van der Waals surface area contributed by atoms with Gasteiger partial charge in [-0.3, -0.25) is 0 Å². The summed E-state index contributed by atoms with van der Waals surface area (Å²) in [6.45, 7) is 4.18. The minimum Gasteiger partial charge on any atom is -0.392 e. The number of hydrogen-bond acceptors (Lipinski definition) is 4. The molecule has 5 heteroatoms. The summed E-state index contributed by atoms with van der Waals surface area (Å²) in [5.74, 6) is 0.755. The van der Waals surface area contributed by atoms with E-state index in [9.17, 15) is 5.11 Å². The normalized spacial score (nSPS) is 13.0. The largest absolute Gasteiger partial charge is 0.392 e. The molecule has 15 heavy (non-hydrogen) atoms. The van der Waals surface area contributed by atoms with E-state index in [1.165, 1.54) is 6.33 Å². The third kappa shape index (κ3) is 2.07. The molecule has 0 saturated carbocycles. The molecule has 0 amide bonds. The van der Waals surface area contributed by atoms with Crippen LogP contribution in [0.2, 0.25) is 0 Å². The van der Waals surface area contributed by atoms with Gasteiger partial charge in [-0.15, -0.1) is 0 Å². The molecule has 0 saturated heterocycles. The maximum atomic E-state index is 9.18. The van der Waals surface area contributed by atoms with E-state index in [0.29, 0.717) is 6.54 Å². The molecule has 0 radical (unpaired) electrons. The Bertz CT molecular complexity index is 463. The zero-order chi connectivity index (χ0) is 10.8. The van der Waals surface area contributed by atoms with Crippen LogP contribution in [0, 0.1) is 6.92 Å². The Morgan fingerprint density at radius 2 is 2.33 bits per heavy atom. The Morgan fingerprint density at radius 1 is 1.53 bits per heavy atom. The van der Waals surface area contributed by atoms with Crippen LogP contribution >= 0.6 is 0 Å². The molecular weight excluding hydrogens is 192 g/mol. The summed E-state index contributed by atoms with van der Waals surface area (Å²) in [4.78, 5) is 11.4. The molecule has 0 aliphatic rings. The fourth-order valence-electron chi connectivity index (χ4n) is 1.46. The van der Waals surface area contributed by atoms with Crippen molar-refractivity contribution < 1.29 is 5.11 Å². The van der Waals surface area contributed by atoms with E-state index in [1.54, 1.807) is 6.92 Å². The number of aliphatic hydroxyl groups is 1. The first-order valence-corrected chi connectivity index (χ1v) is 4.89. The zero-order valence-electron chi connectivity index (χ0n) is 8.78. The minimum atomic E-state index is -0.393. The van der Waals surface area contributed by atoms with Gasteiger partial charge in [0.1, 0.15) is 17.8 Å². The van der Waals surface area contributed by atoms with E-state index >= 15 is 0 Å². The van der Waals surface area contributed by atoms with Crippen LogP contribution in [-0.4, -0.2) is 32.7 Å². The number of aryl methyl sites for hydroxylation is 1. The van der Waals surface area contributed by atoms with Gasteiger partial charge in [0.15, 0.2) is 0 Å². The number of fused-ring (bicyclic) bond motifs is 1. The standard InChI is InChI=1S/C10H14N4O/c1-6-3-8-9(11-4-7(2)15)12-5-13-10(8)14-6/h3,5,7,15H,4H2,1-2H3,(H2,11,12,13,14). The zero-order valence-corrected chi connectivity index (χ0v) is 8.78. The fraction of sp³-hybridized carbons (Fsp3) is 0.400. The van der Waals surface area contributed by atoms with Gasteiger partial charge < -0.3 is 15.4 Å². The molecular formula is C10H14N4O. The molecule has 0 aliphatic carbocycles. The summed E-state index contributed by atoms with van der Waals surface area (Å²) in [7, 11) is 0. The van der Waals surface area contributed by atoms with Gasteiger partial charge in [-0.25, -0.2) is 9.97 Å². The molecule has 3 N–H and O–H groups in total. The maximum Gasteiger partial charge on any atom is 0.143 e. The topological polar surface area (TPSA) is 73.8 Å². The average molecular weight is 206 g/mol. The van der Waals surface area contributed by atoms with Crippen LogP contribution in [0.5, 0.6) is 0 Å². The van der Waals surface area contributed by atoms with Crippen LogP contribution in [0.3, 0.4) is 0 Å². The number of rotatable bonds is 3. The summed E-state index contributed by atoms with van der Waals surface area (Å²) >= 11 is 0. The highest BCUT2D eigenvalue weighted by atomic mass is 16.3. The lowest BCUT2D eigenvalue weighted by molar-refractivity contribution is 0.208. The second kappa shape index (κ2) is 3.86. The SMILES string of the molecule is Cc1cc2c(NCC(C)O)ncnc2[nH]1. The lowest BCUT2D eigenvalue weighted by atomic mass is 10.3. The lowest BCUT2D eigenvalue weighted by Crippen LogP contribution is -2.16. The molecule has 0 aromatic carbocycles. The van der Waals surface area contributed by atoms with Crippen molar-refractivity contribution in [1.82, 2.24) is 15.0 Å². The number of aromatic amines is 1. The van der Waals surface area contributed by atoms with Crippen LogP contribution in [0.1, 0.15) is 12.6 Å². The van der Waals surface area contributed by atoms with Gasteiger partial charge in [-0.2, -0.15) is 0 Å². The number of aliphatic hydroxyl groups excluding tert-OH is 1. The number of H-pyrrole nitrogens is 1. The summed E-state index contributed by atoms with van der Waals surface area (Å²) in [6, 6.07) is 1.99. The molecule has 0 spiro atoms. The number of hydrogen-bond donors (Lipinski definition) is 3. The number of anilines is 1. The predicted octanol–water partition coefficient (Wildman–Crippen LogP) is 1.06. The highest BCUT2D eigenvalue weighted by Gasteiger charge is 2.06. The van der Waals surface area contributed by atoms with Crippen molar-refractivity contribution >= 4 is 16.9 Å². The summed E-state index contributed by atoms with van der Waals surface area (Å²) in [5.41, 5.74) is 1.86. The van der Waals surface area contributed by atoms with Gasteiger partial charge in [-0.05, 0) is 19.9 Å². The van der Waals surface area contributed by atoms with Gasteiger partial charge >= 0.3 is 0 Å². The van der Waals surface area contributed by atoms with Crippen LogP contribution in [0.15, 0.2) is 12.4 Å². The number of nitrogens with one attached hydrogen (secondary N) is 2. The van der Waals surface area contributed by atoms with Crippen LogP contribution in [-0.2, 0) is 0 Å². The van der Waals surface area contributed by atoms with E-state index in [4.69, 9.17) is 0 Å². The Morgan fingerprint density at radius 3 is 3.07 bits per heavy atom. The van der Waals surface area contributed by atoms with Gasteiger partial charge in [0, 0.05) is 12.2 Å². The van der Waals surface area contributed by atoms with Crippen molar-refractivity contribution in [2.45, 2.75) is 20.0 Å². The van der Waals surface area contributed by atoms with Gasteiger partial charge in [0.25, 0.3) is 0 Å². The Kier molecular flexibility index (Phi) is 2.55. The first-order chi connectivity index (χ1) is 7.16. The Hall–Kier alpha value is -1.62. The number of nitrogens with zero attached hydrogens (tertiary/aromatic N) is 2. The van der Waals surface area contributed by atoms with Crippen LogP contribution < -0.4 is 5.32 Å². The minimum absolute atomic E-state index is 0.393. The van der Waals surface area contributed by atoms with Gasteiger partial charge in [-0.1, -0.05) is 0 Å². The van der Waals surface area contributed by atoms with E-state index in [2.05, 4.69) is 20.3 Å². The molecule has 1 atom stereocenters. The van der Waals surface area contributed by atoms with E-state index in [-0.39, 0.29) is 0 Å². The van der Waals surface area contributed by atoms with Crippen molar-refractivity contribution in [3.63, 3.8) is 0 Å². The first-order valence-electron chi connectivity index (χ1n) is 4.89. The molecule has 1 unspecified atom stereocenters. The monoisotopic (exact) mass is 206 g/mol. The molecule has 2 aromatic rings. The molecule has 80 valence electrons. The van der Waals surface area contributed by atoms with Gasteiger partial charge in [0.05, 0.1) is 11.5 Å². The maximum absolute atomic E-state index is 9.18. The van der Waals surface area contributed by atoms with E-state index < -0.39 is 6.10 Å². The molecule has 5 nitrogen and oxygen atoms in total. The molecule has 0 aliphatic heterocycles. The Labute approximate surface area is 87.6 Å². The first kappa shape index (κ1) is 9.92. The second-order valence-corrected chi connectivity index (χ2v) is 3.67. The van der Waals surface area contributed by atoms with Crippen molar-refractivity contribution in [2.75, 3.05) is 11.9 Å². The van der Waals surface area contributed by atoms with E-state index in [1.807, 2.05) is 13.0 Å². The summed E-state index contributed by atoms with van der Waals surface area (Å²) < 4.78 is 0. The van der Waals surface area contributed by atoms with Crippen molar-refractivity contribution in [3.8, 4) is 0 Å². The summed E-state index contributed by atoms with van der Waals surface area (Å²) in [5, 5.41) is 13.2. The van der Waals surface area contributed by atoms with Gasteiger partial charge in [0.2, 0.25) is 0 Å². The third-order valence-electron chi connectivity index (χ3n) is 2.13.